The van der Waals surface area contributed by atoms with Crippen LogP contribution in [-0.2, 0) is 23.7 Å². The average Bonchev–Trinajstić information content (AvgIpc) is 2.84. The third kappa shape index (κ3) is 11.2. The molecule has 0 unspecified atom stereocenters. The quantitative estimate of drug-likeness (QED) is 0.309. The van der Waals surface area contributed by atoms with Gasteiger partial charge in [-0.15, -0.1) is 0 Å². The Hall–Kier alpha value is -2.98. The predicted octanol–water partition coefficient (Wildman–Crippen LogP) is 3.12. The van der Waals surface area contributed by atoms with Gasteiger partial charge in [0.15, 0.2) is 0 Å². The fourth-order valence-corrected chi connectivity index (χ4v) is 3.46. The van der Waals surface area contributed by atoms with Crippen LogP contribution in [0.1, 0.15) is 63.0 Å². The normalized spacial score (nSPS) is 15.6. The Morgan fingerprint density at radius 2 is 1.72 bits per heavy atom. The minimum atomic E-state index is -0.529. The van der Waals surface area contributed by atoms with Crippen LogP contribution in [0.3, 0.4) is 0 Å². The van der Waals surface area contributed by atoms with E-state index in [0.717, 1.165) is 24.1 Å². The highest BCUT2D eigenvalue weighted by atomic mass is 16.6. The number of esters is 1. The molecule has 0 aliphatic heterocycles. The zero-order valence-electron chi connectivity index (χ0n) is 21.8. The van der Waals surface area contributed by atoms with Crippen molar-refractivity contribution in [2.75, 3.05) is 46.1 Å². The summed E-state index contributed by atoms with van der Waals surface area (Å²) in [6.45, 7) is 9.79. The van der Waals surface area contributed by atoms with Crippen molar-refractivity contribution in [2.45, 2.75) is 52.6 Å². The van der Waals surface area contributed by atoms with Gasteiger partial charge in [-0.3, -0.25) is 14.6 Å². The number of ether oxygens (including phenoxy) is 4. The number of nitrogens with one attached hydrogen (secondary N) is 2. The molecule has 1 aliphatic carbocycles. The lowest BCUT2D eigenvalue weighted by Gasteiger charge is -2.20. The summed E-state index contributed by atoms with van der Waals surface area (Å²) < 4.78 is 21.1. The third-order valence-corrected chi connectivity index (χ3v) is 5.20. The van der Waals surface area contributed by atoms with Crippen LogP contribution < -0.4 is 10.6 Å². The van der Waals surface area contributed by atoms with Gasteiger partial charge in [-0.05, 0) is 64.7 Å². The van der Waals surface area contributed by atoms with Crippen LogP contribution in [0.25, 0.3) is 5.57 Å². The van der Waals surface area contributed by atoms with Gasteiger partial charge in [-0.2, -0.15) is 0 Å². The first kappa shape index (κ1) is 29.3. The molecule has 0 saturated heterocycles. The molecule has 0 aromatic carbocycles. The molecular formula is C26H39N3O7. The van der Waals surface area contributed by atoms with E-state index in [0.29, 0.717) is 58.1 Å². The van der Waals surface area contributed by atoms with Crippen LogP contribution in [0.2, 0.25) is 0 Å². The number of hydrogen-bond donors (Lipinski definition) is 2. The maximum absolute atomic E-state index is 12.3. The fourth-order valence-electron chi connectivity index (χ4n) is 3.46. The molecule has 0 saturated carbocycles. The second-order valence-corrected chi connectivity index (χ2v) is 9.29. The van der Waals surface area contributed by atoms with E-state index in [1.807, 2.05) is 19.1 Å². The number of allylic oxidation sites excluding steroid dienone is 2. The monoisotopic (exact) mass is 505 g/mol. The zero-order chi connectivity index (χ0) is 26.4. The van der Waals surface area contributed by atoms with Crippen molar-refractivity contribution in [3.63, 3.8) is 0 Å². The number of nitrogens with zero attached hydrogens (tertiary/aromatic N) is 1. The van der Waals surface area contributed by atoms with Crippen molar-refractivity contribution in [3.05, 3.63) is 35.7 Å². The minimum Gasteiger partial charge on any atom is -0.466 e. The van der Waals surface area contributed by atoms with Crippen LogP contribution in [0, 0.1) is 5.92 Å². The number of rotatable bonds is 13. The van der Waals surface area contributed by atoms with Crippen LogP contribution in [-0.4, -0.2) is 74.7 Å². The molecule has 0 fully saturated rings. The number of hydrogen-bond acceptors (Lipinski definition) is 8. The molecular weight excluding hydrogens is 466 g/mol. The van der Waals surface area contributed by atoms with Crippen molar-refractivity contribution < 1.29 is 33.3 Å². The van der Waals surface area contributed by atoms with E-state index in [4.69, 9.17) is 18.9 Å². The van der Waals surface area contributed by atoms with E-state index >= 15 is 0 Å². The van der Waals surface area contributed by atoms with Gasteiger partial charge in [-0.25, -0.2) is 4.79 Å². The Balaban J connectivity index is 1.56. The predicted molar refractivity (Wildman–Crippen MR) is 134 cm³/mol. The summed E-state index contributed by atoms with van der Waals surface area (Å²) in [6.07, 6.45) is 5.25. The molecule has 0 radical (unpaired) electrons. The fraction of sp³-hybridized carbons (Fsp3) is 0.615. The molecule has 2 rings (SSSR count). The van der Waals surface area contributed by atoms with Crippen LogP contribution >= 0.6 is 0 Å². The van der Waals surface area contributed by atoms with E-state index in [9.17, 15) is 14.4 Å². The highest BCUT2D eigenvalue weighted by Gasteiger charge is 2.23. The Morgan fingerprint density at radius 1 is 1.03 bits per heavy atom. The second-order valence-electron chi connectivity index (χ2n) is 9.29. The van der Waals surface area contributed by atoms with E-state index in [1.54, 1.807) is 33.0 Å². The maximum atomic E-state index is 12.3. The summed E-state index contributed by atoms with van der Waals surface area (Å²) in [4.78, 5) is 40.1. The highest BCUT2D eigenvalue weighted by molar-refractivity contribution is 5.94. The molecule has 36 heavy (non-hydrogen) atoms. The molecule has 10 heteroatoms. The molecule has 1 heterocycles. The van der Waals surface area contributed by atoms with E-state index in [2.05, 4.69) is 15.6 Å². The Labute approximate surface area is 213 Å². The highest BCUT2D eigenvalue weighted by Crippen LogP contribution is 2.30. The second kappa shape index (κ2) is 15.2. The summed E-state index contributed by atoms with van der Waals surface area (Å²) in [6, 6.07) is 3.58. The summed E-state index contributed by atoms with van der Waals surface area (Å²) in [7, 11) is 0. The van der Waals surface area contributed by atoms with Crippen molar-refractivity contribution >= 4 is 23.5 Å². The number of carbonyl (C=O) groups is 3. The van der Waals surface area contributed by atoms with Crippen LogP contribution in [0.5, 0.6) is 0 Å². The lowest BCUT2D eigenvalue weighted by atomic mass is 9.88. The summed E-state index contributed by atoms with van der Waals surface area (Å²) in [5.41, 5.74) is 1.84. The molecule has 1 aromatic rings. The van der Waals surface area contributed by atoms with Gasteiger partial charge in [0, 0.05) is 19.3 Å². The Morgan fingerprint density at radius 3 is 2.28 bits per heavy atom. The van der Waals surface area contributed by atoms with Crippen LogP contribution in [0.4, 0.5) is 4.79 Å². The lowest BCUT2D eigenvalue weighted by Crippen LogP contribution is -2.34. The molecule has 2 amide bonds. The van der Waals surface area contributed by atoms with Gasteiger partial charge in [0.1, 0.15) is 5.60 Å². The van der Waals surface area contributed by atoms with E-state index in [1.165, 1.54) is 0 Å². The molecule has 200 valence electrons. The first-order chi connectivity index (χ1) is 17.2. The lowest BCUT2D eigenvalue weighted by molar-refractivity contribution is -0.148. The summed E-state index contributed by atoms with van der Waals surface area (Å²) in [5, 5.41) is 5.41. The SMILES string of the molecule is CCOC(=O)[C@@H]1CC=C(c2ccc(C(=O)NCCOCCOCCNC(=O)OC(C)(C)C)cn2)CC1. The molecule has 1 aliphatic rings. The third-order valence-electron chi connectivity index (χ3n) is 5.20. The average molecular weight is 506 g/mol. The van der Waals surface area contributed by atoms with Crippen molar-refractivity contribution in [1.29, 1.82) is 0 Å². The largest absolute Gasteiger partial charge is 0.466 e. The van der Waals surface area contributed by atoms with Crippen LogP contribution in [0.15, 0.2) is 24.4 Å². The van der Waals surface area contributed by atoms with Crippen molar-refractivity contribution in [1.82, 2.24) is 15.6 Å². The first-order valence-electron chi connectivity index (χ1n) is 12.4. The molecule has 1 atom stereocenters. The minimum absolute atomic E-state index is 0.0892. The van der Waals surface area contributed by atoms with Gasteiger partial charge >= 0.3 is 12.1 Å². The number of aromatic nitrogens is 1. The Kier molecular flexibility index (Phi) is 12.4. The summed E-state index contributed by atoms with van der Waals surface area (Å²) in [5.74, 6) is -0.451. The maximum Gasteiger partial charge on any atom is 0.407 e. The van der Waals surface area contributed by atoms with Crippen molar-refractivity contribution in [3.8, 4) is 0 Å². The molecule has 2 N–H and O–H groups in total. The number of amides is 2. The van der Waals surface area contributed by atoms with Gasteiger partial charge in [0.2, 0.25) is 0 Å². The molecule has 10 nitrogen and oxygen atoms in total. The number of carbonyl (C=O) groups excluding carboxylic acids is 3. The smallest absolute Gasteiger partial charge is 0.407 e. The van der Waals surface area contributed by atoms with Crippen molar-refractivity contribution in [2.24, 2.45) is 5.92 Å². The molecule has 0 bridgehead atoms. The standard InChI is InChI=1S/C26H39N3O7/c1-5-35-24(31)20-8-6-19(7-9-20)22-11-10-21(18-29-22)23(30)27-12-14-33-16-17-34-15-13-28-25(32)36-26(2,3)4/h6,10-11,18,20H,5,7-9,12-17H2,1-4H3,(H,27,30)(H,28,32)/t20-/m1/s1. The van der Waals surface area contributed by atoms with E-state index < -0.39 is 11.7 Å². The van der Waals surface area contributed by atoms with Gasteiger partial charge in [-0.1, -0.05) is 6.08 Å². The Bertz CT molecular complexity index is 879. The number of alkyl carbamates (subject to hydrolysis) is 1. The summed E-state index contributed by atoms with van der Waals surface area (Å²) >= 11 is 0. The van der Waals surface area contributed by atoms with E-state index in [-0.39, 0.29) is 17.8 Å². The number of pyridine rings is 1. The molecule has 1 aromatic heterocycles. The van der Waals surface area contributed by atoms with Gasteiger partial charge in [0.25, 0.3) is 5.91 Å². The first-order valence-corrected chi connectivity index (χ1v) is 12.4. The zero-order valence-corrected chi connectivity index (χ0v) is 21.8. The van der Waals surface area contributed by atoms with Gasteiger partial charge in [0.05, 0.1) is 50.2 Å². The topological polar surface area (TPSA) is 125 Å². The van der Waals surface area contributed by atoms with Gasteiger partial charge < -0.3 is 29.6 Å². The molecule has 0 spiro atoms.